The van der Waals surface area contributed by atoms with Gasteiger partial charge in [-0.25, -0.2) is 0 Å². The maximum Gasteiger partial charge on any atom is 0.127 e. The Morgan fingerprint density at radius 2 is 2.31 bits per heavy atom. The van der Waals surface area contributed by atoms with Gasteiger partial charge >= 0.3 is 0 Å². The molecule has 16 heavy (non-hydrogen) atoms. The molecule has 1 N–H and O–H groups in total. The van der Waals surface area contributed by atoms with Gasteiger partial charge in [0.25, 0.3) is 0 Å². The molecular weight excluding hydrogens is 198 g/mol. The van der Waals surface area contributed by atoms with Gasteiger partial charge in [0.15, 0.2) is 0 Å². The molecule has 2 nitrogen and oxygen atoms in total. The number of nitrogens with one attached hydrogen (secondary N) is 1. The van der Waals surface area contributed by atoms with Crippen LogP contribution in [0.3, 0.4) is 0 Å². The van der Waals surface area contributed by atoms with E-state index in [1.54, 1.807) is 0 Å². The van der Waals surface area contributed by atoms with Crippen molar-refractivity contribution in [1.29, 1.82) is 0 Å². The molecule has 2 unspecified atom stereocenters. The Morgan fingerprint density at radius 1 is 1.50 bits per heavy atom. The van der Waals surface area contributed by atoms with Crippen LogP contribution in [0.5, 0.6) is 0 Å². The van der Waals surface area contributed by atoms with Crippen molar-refractivity contribution in [2.45, 2.75) is 52.0 Å². The van der Waals surface area contributed by atoms with Gasteiger partial charge in [-0.15, -0.1) is 0 Å². The summed E-state index contributed by atoms with van der Waals surface area (Å²) >= 11 is 0. The molecule has 0 amide bonds. The highest BCUT2D eigenvalue weighted by Gasteiger charge is 2.38. The van der Waals surface area contributed by atoms with Crippen LogP contribution < -0.4 is 5.32 Å². The first kappa shape index (κ1) is 11.7. The highest BCUT2D eigenvalue weighted by Crippen LogP contribution is 2.37. The highest BCUT2D eigenvalue weighted by molar-refractivity contribution is 5.28. The van der Waals surface area contributed by atoms with E-state index in [2.05, 4.69) is 32.2 Å². The topological polar surface area (TPSA) is 25.2 Å². The second-order valence-electron chi connectivity index (χ2n) is 5.10. The van der Waals surface area contributed by atoms with Crippen molar-refractivity contribution in [2.24, 2.45) is 5.92 Å². The van der Waals surface area contributed by atoms with E-state index >= 15 is 0 Å². The molecule has 1 aromatic rings. The Labute approximate surface area is 98.4 Å². The summed E-state index contributed by atoms with van der Waals surface area (Å²) in [5, 5.41) is 3.70. The van der Waals surface area contributed by atoms with Gasteiger partial charge in [-0.3, -0.25) is 0 Å². The average molecular weight is 221 g/mol. The summed E-state index contributed by atoms with van der Waals surface area (Å²) in [5.74, 6) is 1.94. The molecule has 1 aliphatic rings. The van der Waals surface area contributed by atoms with Crippen LogP contribution in [0.4, 0.5) is 0 Å². The summed E-state index contributed by atoms with van der Waals surface area (Å²) in [7, 11) is 0. The second kappa shape index (κ2) is 4.62. The molecule has 2 atom stereocenters. The van der Waals surface area contributed by atoms with Crippen molar-refractivity contribution in [1.82, 2.24) is 5.32 Å². The van der Waals surface area contributed by atoms with E-state index in [4.69, 9.17) is 4.42 Å². The lowest BCUT2D eigenvalue weighted by molar-refractivity contribution is 0.196. The number of hydrogen-bond donors (Lipinski definition) is 1. The molecule has 2 heterocycles. The van der Waals surface area contributed by atoms with Gasteiger partial charge in [0, 0.05) is 6.54 Å². The van der Waals surface area contributed by atoms with Crippen LogP contribution in [0.15, 0.2) is 16.7 Å². The van der Waals surface area contributed by atoms with E-state index in [1.165, 1.54) is 24.2 Å². The summed E-state index contributed by atoms with van der Waals surface area (Å²) in [6.07, 6.45) is 6.48. The minimum Gasteiger partial charge on any atom is -0.467 e. The summed E-state index contributed by atoms with van der Waals surface area (Å²) in [6, 6.07) is 2.14. The molecule has 2 rings (SSSR count). The van der Waals surface area contributed by atoms with E-state index in [-0.39, 0.29) is 5.54 Å². The molecule has 1 aliphatic heterocycles. The monoisotopic (exact) mass is 221 g/mol. The molecule has 0 bridgehead atoms. The average Bonchev–Trinajstić information content (AvgIpc) is 2.78. The van der Waals surface area contributed by atoms with E-state index in [1.807, 2.05) is 6.26 Å². The number of hydrogen-bond acceptors (Lipinski definition) is 2. The van der Waals surface area contributed by atoms with Crippen molar-refractivity contribution >= 4 is 0 Å². The molecule has 1 aromatic heterocycles. The molecule has 0 aliphatic carbocycles. The van der Waals surface area contributed by atoms with E-state index in [0.717, 1.165) is 25.3 Å². The molecule has 2 heteroatoms. The van der Waals surface area contributed by atoms with Crippen LogP contribution in [0.2, 0.25) is 0 Å². The van der Waals surface area contributed by atoms with Crippen LogP contribution in [0, 0.1) is 5.92 Å². The van der Waals surface area contributed by atoms with Gasteiger partial charge in [0.05, 0.1) is 11.8 Å². The van der Waals surface area contributed by atoms with Gasteiger partial charge in [-0.05, 0) is 36.8 Å². The minimum absolute atomic E-state index is 0.0898. The third-order valence-electron chi connectivity index (χ3n) is 4.04. The fourth-order valence-corrected chi connectivity index (χ4v) is 2.80. The zero-order valence-electron chi connectivity index (χ0n) is 10.7. The van der Waals surface area contributed by atoms with Crippen molar-refractivity contribution in [3.8, 4) is 0 Å². The Morgan fingerprint density at radius 3 is 3.00 bits per heavy atom. The molecule has 0 spiro atoms. The van der Waals surface area contributed by atoms with Gasteiger partial charge in [0.1, 0.15) is 5.76 Å². The van der Waals surface area contributed by atoms with Crippen molar-refractivity contribution < 1.29 is 4.42 Å². The van der Waals surface area contributed by atoms with Crippen molar-refractivity contribution in [3.05, 3.63) is 23.7 Å². The SMILES string of the molecule is CCC(C)CC1(CC)NCCc2ccoc21. The zero-order chi connectivity index (χ0) is 11.6. The zero-order valence-corrected chi connectivity index (χ0v) is 10.7. The largest absolute Gasteiger partial charge is 0.467 e. The first-order valence-electron chi connectivity index (χ1n) is 6.53. The van der Waals surface area contributed by atoms with Crippen LogP contribution in [-0.2, 0) is 12.0 Å². The summed E-state index contributed by atoms with van der Waals surface area (Å²) in [5.41, 5.74) is 1.50. The Kier molecular flexibility index (Phi) is 3.38. The lowest BCUT2D eigenvalue weighted by Gasteiger charge is -2.38. The molecule has 0 saturated carbocycles. The van der Waals surface area contributed by atoms with Gasteiger partial charge in [-0.2, -0.15) is 0 Å². The van der Waals surface area contributed by atoms with E-state index in [9.17, 15) is 0 Å². The normalized spacial score (nSPS) is 26.4. The molecule has 90 valence electrons. The Balaban J connectivity index is 2.29. The lowest BCUT2D eigenvalue weighted by Crippen LogP contribution is -2.47. The Bertz CT molecular complexity index is 344. The smallest absolute Gasteiger partial charge is 0.127 e. The molecule has 0 saturated heterocycles. The van der Waals surface area contributed by atoms with E-state index in [0.29, 0.717) is 0 Å². The fraction of sp³-hybridized carbons (Fsp3) is 0.714. The van der Waals surface area contributed by atoms with Crippen LogP contribution in [0.1, 0.15) is 51.4 Å². The van der Waals surface area contributed by atoms with Crippen molar-refractivity contribution in [2.75, 3.05) is 6.54 Å². The molecular formula is C14H23NO. The van der Waals surface area contributed by atoms with Crippen molar-refractivity contribution in [3.63, 3.8) is 0 Å². The van der Waals surface area contributed by atoms with Gasteiger partial charge in [-0.1, -0.05) is 27.2 Å². The van der Waals surface area contributed by atoms with Gasteiger partial charge in [0.2, 0.25) is 0 Å². The summed E-state index contributed by atoms with van der Waals surface area (Å²) in [6.45, 7) is 7.93. The number of furan rings is 1. The molecule has 0 aromatic carbocycles. The first-order chi connectivity index (χ1) is 7.72. The van der Waals surface area contributed by atoms with Crippen LogP contribution >= 0.6 is 0 Å². The summed E-state index contributed by atoms with van der Waals surface area (Å²) < 4.78 is 5.75. The third-order valence-corrected chi connectivity index (χ3v) is 4.04. The first-order valence-corrected chi connectivity index (χ1v) is 6.53. The maximum atomic E-state index is 5.75. The standard InChI is InChI=1S/C14H23NO/c1-4-11(3)10-14(5-2)13-12(6-8-15-14)7-9-16-13/h7,9,11,15H,4-6,8,10H2,1-3H3. The van der Waals surface area contributed by atoms with Crippen LogP contribution in [0.25, 0.3) is 0 Å². The molecule has 0 radical (unpaired) electrons. The van der Waals surface area contributed by atoms with Gasteiger partial charge < -0.3 is 9.73 Å². The predicted octanol–water partition coefficient (Wildman–Crippen LogP) is 3.47. The number of fused-ring (bicyclic) bond motifs is 1. The van der Waals surface area contributed by atoms with E-state index < -0.39 is 0 Å². The number of rotatable bonds is 4. The Hall–Kier alpha value is -0.760. The maximum absolute atomic E-state index is 5.75. The fourth-order valence-electron chi connectivity index (χ4n) is 2.80. The quantitative estimate of drug-likeness (QED) is 0.842. The molecule has 0 fully saturated rings. The summed E-state index contributed by atoms with van der Waals surface area (Å²) in [4.78, 5) is 0. The predicted molar refractivity (Wildman–Crippen MR) is 66.5 cm³/mol. The minimum atomic E-state index is 0.0898. The second-order valence-corrected chi connectivity index (χ2v) is 5.10. The lowest BCUT2D eigenvalue weighted by atomic mass is 9.79. The third kappa shape index (κ3) is 1.91. The highest BCUT2D eigenvalue weighted by atomic mass is 16.3. The van der Waals surface area contributed by atoms with Crippen LogP contribution in [-0.4, -0.2) is 6.54 Å².